The lowest BCUT2D eigenvalue weighted by Gasteiger charge is -2.35. The van der Waals surface area contributed by atoms with E-state index in [1.807, 2.05) is 11.3 Å². The van der Waals surface area contributed by atoms with Gasteiger partial charge in [0.2, 0.25) is 5.28 Å². The summed E-state index contributed by atoms with van der Waals surface area (Å²) < 4.78 is 3.89. The van der Waals surface area contributed by atoms with Gasteiger partial charge in [-0.15, -0.1) is 22.7 Å². The molecular formula is C39H24ClN3S2. The molecule has 0 saturated carbocycles. The van der Waals surface area contributed by atoms with E-state index in [-0.39, 0.29) is 16.7 Å². The second kappa shape index (κ2) is 9.24. The van der Waals surface area contributed by atoms with E-state index in [0.29, 0.717) is 0 Å². The van der Waals surface area contributed by atoms with Crippen molar-refractivity contribution in [3.8, 4) is 11.3 Å². The molecule has 0 amide bonds. The molecule has 0 radical (unpaired) electrons. The summed E-state index contributed by atoms with van der Waals surface area (Å²) in [6.45, 7) is 2.41. The van der Waals surface area contributed by atoms with Crippen molar-refractivity contribution in [1.29, 1.82) is 0 Å². The second-order valence-corrected chi connectivity index (χ2v) is 14.5. The lowest BCUT2D eigenvalue weighted by Crippen LogP contribution is -2.39. The van der Waals surface area contributed by atoms with E-state index in [4.69, 9.17) is 16.6 Å². The van der Waals surface area contributed by atoms with Crippen molar-refractivity contribution in [3.05, 3.63) is 132 Å². The van der Waals surface area contributed by atoms with Gasteiger partial charge in [0.1, 0.15) is 4.83 Å². The number of nitrogens with zero attached hydrogens (tertiary/aromatic N) is 3. The summed E-state index contributed by atoms with van der Waals surface area (Å²) in [4.78, 5) is 12.9. The Hall–Kier alpha value is -4.55. The first-order valence-electron chi connectivity index (χ1n) is 15.1. The molecule has 3 nitrogen and oxygen atoms in total. The third-order valence-corrected chi connectivity index (χ3v) is 12.1. The maximum atomic E-state index is 6.56. The van der Waals surface area contributed by atoms with Gasteiger partial charge in [0, 0.05) is 63.3 Å². The topological polar surface area (TPSA) is 29.0 Å². The van der Waals surface area contributed by atoms with Crippen LogP contribution in [0.3, 0.4) is 0 Å². The summed E-state index contributed by atoms with van der Waals surface area (Å²) in [6.07, 6.45) is 9.19. The maximum absolute atomic E-state index is 6.56. The summed E-state index contributed by atoms with van der Waals surface area (Å²) in [6, 6.07) is 35.2. The van der Waals surface area contributed by atoms with Gasteiger partial charge < -0.3 is 4.90 Å². The Bertz CT molecular complexity index is 2610. The number of allylic oxidation sites excluding steroid dienone is 2. The smallest absolute Gasteiger partial charge is 0.224 e. The van der Waals surface area contributed by atoms with Gasteiger partial charge >= 0.3 is 0 Å². The van der Waals surface area contributed by atoms with Crippen molar-refractivity contribution in [2.45, 2.75) is 18.4 Å². The highest BCUT2D eigenvalue weighted by molar-refractivity contribution is 7.26. The molecule has 6 heteroatoms. The fourth-order valence-corrected chi connectivity index (χ4v) is 10.4. The summed E-state index contributed by atoms with van der Waals surface area (Å²) in [5.41, 5.74) is 5.52. The Morgan fingerprint density at radius 1 is 0.733 bits per heavy atom. The zero-order valence-electron chi connectivity index (χ0n) is 24.2. The van der Waals surface area contributed by atoms with Gasteiger partial charge in [0.25, 0.3) is 0 Å². The van der Waals surface area contributed by atoms with Crippen LogP contribution in [-0.4, -0.2) is 16.0 Å². The Kier molecular flexibility index (Phi) is 5.29. The Labute approximate surface area is 272 Å². The number of aromatic nitrogens is 2. The molecule has 214 valence electrons. The van der Waals surface area contributed by atoms with Crippen LogP contribution in [0.5, 0.6) is 0 Å². The van der Waals surface area contributed by atoms with Crippen molar-refractivity contribution in [2.75, 3.05) is 4.90 Å². The van der Waals surface area contributed by atoms with E-state index in [2.05, 4.69) is 138 Å². The minimum absolute atomic E-state index is 0.114. The van der Waals surface area contributed by atoms with Gasteiger partial charge in [0.15, 0.2) is 0 Å². The fourth-order valence-electron chi connectivity index (χ4n) is 7.74. The molecule has 2 unspecified atom stereocenters. The summed E-state index contributed by atoms with van der Waals surface area (Å²) >= 11 is 10.1. The first kappa shape index (κ1) is 25.7. The molecule has 1 aliphatic carbocycles. The van der Waals surface area contributed by atoms with E-state index >= 15 is 0 Å². The molecule has 2 aliphatic rings. The lowest BCUT2D eigenvalue weighted by atomic mass is 9.75. The number of hydrogen-bond donors (Lipinski definition) is 0. The SMILES string of the molecule is CC12C=CC=CC1N(c1cccc(-c3nc(Cl)nc4sc5ccccc5c34)c1)c1c2c2sc3ccccc3c2c2ccccc12. The number of benzene rings is 5. The average molecular weight is 634 g/mol. The van der Waals surface area contributed by atoms with Crippen LogP contribution in [0.1, 0.15) is 12.5 Å². The van der Waals surface area contributed by atoms with Crippen LogP contribution in [0.15, 0.2) is 121 Å². The molecule has 1 aliphatic heterocycles. The van der Waals surface area contributed by atoms with Crippen LogP contribution >= 0.6 is 34.3 Å². The normalized spacial score (nSPS) is 19.0. The summed E-state index contributed by atoms with van der Waals surface area (Å²) in [7, 11) is 0. The van der Waals surface area contributed by atoms with Crippen LogP contribution in [0.2, 0.25) is 5.28 Å². The van der Waals surface area contributed by atoms with Gasteiger partial charge in [-0.3, -0.25) is 0 Å². The molecule has 3 aromatic heterocycles. The molecule has 45 heavy (non-hydrogen) atoms. The highest BCUT2D eigenvalue weighted by atomic mass is 35.5. The molecule has 0 N–H and O–H groups in total. The first-order valence-corrected chi connectivity index (χ1v) is 17.1. The Morgan fingerprint density at radius 3 is 2.27 bits per heavy atom. The second-order valence-electron chi connectivity index (χ2n) is 12.1. The number of hydrogen-bond acceptors (Lipinski definition) is 5. The molecule has 0 spiro atoms. The van der Waals surface area contributed by atoms with E-state index in [1.165, 1.54) is 46.9 Å². The standard InChI is InChI=1S/C39H24ClN3S2/c1-39-20-9-8-19-30(39)43(35-25-14-3-2-13-24(25)31-26-15-4-6-17-28(26)44-36(31)33(35)39)23-12-10-11-22(21-23)34-32-27-16-5-7-18-29(27)45-37(32)42-38(40)41-34/h2-21,30H,1H3. The number of rotatable bonds is 2. The molecule has 10 rings (SSSR count). The molecule has 0 bridgehead atoms. The third-order valence-electron chi connectivity index (χ3n) is 9.64. The number of fused-ring (bicyclic) bond motifs is 13. The zero-order chi connectivity index (χ0) is 29.9. The number of anilines is 2. The highest BCUT2D eigenvalue weighted by Crippen LogP contribution is 2.59. The molecule has 4 heterocycles. The predicted molar refractivity (Wildman–Crippen MR) is 194 cm³/mol. The van der Waals surface area contributed by atoms with Gasteiger partial charge in [0.05, 0.1) is 17.4 Å². The maximum Gasteiger partial charge on any atom is 0.224 e. The van der Waals surface area contributed by atoms with Gasteiger partial charge in [-0.05, 0) is 48.2 Å². The molecular weight excluding hydrogens is 610 g/mol. The fraction of sp³-hybridized carbons (Fsp3) is 0.0769. The summed E-state index contributed by atoms with van der Waals surface area (Å²) in [5.74, 6) is 0. The third kappa shape index (κ3) is 3.46. The molecule has 8 aromatic rings. The van der Waals surface area contributed by atoms with Gasteiger partial charge in [-0.2, -0.15) is 0 Å². The zero-order valence-corrected chi connectivity index (χ0v) is 26.5. The van der Waals surface area contributed by atoms with Crippen LogP contribution < -0.4 is 4.90 Å². The Morgan fingerprint density at radius 2 is 1.44 bits per heavy atom. The van der Waals surface area contributed by atoms with E-state index in [0.717, 1.165) is 32.5 Å². The van der Waals surface area contributed by atoms with Crippen LogP contribution in [-0.2, 0) is 5.41 Å². The van der Waals surface area contributed by atoms with Gasteiger partial charge in [-0.25, -0.2) is 9.97 Å². The lowest BCUT2D eigenvalue weighted by molar-refractivity contribution is 0.554. The monoisotopic (exact) mass is 633 g/mol. The van der Waals surface area contributed by atoms with E-state index < -0.39 is 0 Å². The van der Waals surface area contributed by atoms with Crippen molar-refractivity contribution >= 4 is 96.9 Å². The average Bonchev–Trinajstić information content (AvgIpc) is 3.72. The first-order chi connectivity index (χ1) is 22.1. The van der Waals surface area contributed by atoms with E-state index in [1.54, 1.807) is 11.3 Å². The molecule has 2 atom stereocenters. The van der Waals surface area contributed by atoms with Crippen molar-refractivity contribution < 1.29 is 0 Å². The van der Waals surface area contributed by atoms with Crippen LogP contribution in [0.4, 0.5) is 11.4 Å². The highest BCUT2D eigenvalue weighted by Gasteiger charge is 2.49. The number of halogens is 1. The van der Waals surface area contributed by atoms with Gasteiger partial charge in [-0.1, -0.05) is 97.1 Å². The van der Waals surface area contributed by atoms with Crippen molar-refractivity contribution in [2.24, 2.45) is 0 Å². The van der Waals surface area contributed by atoms with Crippen LogP contribution in [0.25, 0.3) is 62.5 Å². The minimum atomic E-state index is -0.210. The molecule has 0 saturated heterocycles. The summed E-state index contributed by atoms with van der Waals surface area (Å²) in [5, 5.41) is 7.77. The quantitative estimate of drug-likeness (QED) is 0.177. The Balaban J connectivity index is 1.28. The number of thiophene rings is 2. The largest absolute Gasteiger partial charge is 0.332 e. The predicted octanol–water partition coefficient (Wildman–Crippen LogP) is 11.6. The molecule has 0 fully saturated rings. The van der Waals surface area contributed by atoms with E-state index in [9.17, 15) is 0 Å². The van der Waals surface area contributed by atoms with Crippen molar-refractivity contribution in [1.82, 2.24) is 9.97 Å². The minimum Gasteiger partial charge on any atom is -0.332 e. The van der Waals surface area contributed by atoms with Crippen LogP contribution in [0, 0.1) is 0 Å². The van der Waals surface area contributed by atoms with Crippen molar-refractivity contribution in [3.63, 3.8) is 0 Å². The molecule has 5 aromatic carbocycles.